The number of rotatable bonds is 3. The van der Waals surface area contributed by atoms with Gasteiger partial charge in [-0.25, -0.2) is 9.59 Å². The van der Waals surface area contributed by atoms with E-state index < -0.39 is 5.97 Å². The van der Waals surface area contributed by atoms with Gasteiger partial charge in [0.15, 0.2) is 0 Å². The largest absolute Gasteiger partial charge is 0.478 e. The van der Waals surface area contributed by atoms with Crippen LogP contribution in [0.1, 0.15) is 16.8 Å². The molecular formula is C13H15ClN2O3S. The van der Waals surface area contributed by atoms with Crippen LogP contribution in [-0.4, -0.2) is 46.6 Å². The van der Waals surface area contributed by atoms with Crippen molar-refractivity contribution >= 4 is 41.1 Å². The van der Waals surface area contributed by atoms with Gasteiger partial charge < -0.3 is 15.3 Å². The molecule has 1 saturated heterocycles. The smallest absolute Gasteiger partial charge is 0.337 e. The van der Waals surface area contributed by atoms with Gasteiger partial charge in [0, 0.05) is 23.9 Å². The molecule has 2 rings (SSSR count). The lowest BCUT2D eigenvalue weighted by Gasteiger charge is -2.24. The molecule has 7 heteroatoms. The number of benzene rings is 1. The lowest BCUT2D eigenvalue weighted by atomic mass is 10.2. The number of thioether (sulfide) groups is 1. The molecule has 1 aromatic rings. The second-order valence-electron chi connectivity index (χ2n) is 4.55. The maximum absolute atomic E-state index is 12.2. The van der Waals surface area contributed by atoms with Crippen LogP contribution in [0, 0.1) is 0 Å². The molecule has 0 aliphatic carbocycles. The van der Waals surface area contributed by atoms with Crippen LogP contribution in [0.2, 0.25) is 5.02 Å². The first-order valence-corrected chi connectivity index (χ1v) is 7.66. The maximum atomic E-state index is 12.2. The normalized spacial score (nSPS) is 17.8. The predicted molar refractivity (Wildman–Crippen MR) is 80.9 cm³/mol. The molecule has 1 aromatic carbocycles. The fourth-order valence-corrected chi connectivity index (χ4v) is 3.44. The highest BCUT2D eigenvalue weighted by molar-refractivity contribution is 7.99. The summed E-state index contributed by atoms with van der Waals surface area (Å²) in [6.45, 7) is 0. The van der Waals surface area contributed by atoms with Gasteiger partial charge in [-0.2, -0.15) is 11.8 Å². The molecule has 1 aliphatic rings. The van der Waals surface area contributed by atoms with Crippen LogP contribution < -0.4 is 5.32 Å². The van der Waals surface area contributed by atoms with Gasteiger partial charge >= 0.3 is 12.0 Å². The minimum absolute atomic E-state index is 0.0250. The SMILES string of the molecule is CN(C(=O)Nc1cc(Cl)ccc1C(=O)O)C1CCSC1. The van der Waals surface area contributed by atoms with Crippen LogP contribution in [0.15, 0.2) is 18.2 Å². The van der Waals surface area contributed by atoms with Gasteiger partial charge in [0.05, 0.1) is 11.3 Å². The average Bonchev–Trinajstić information content (AvgIpc) is 2.91. The summed E-state index contributed by atoms with van der Waals surface area (Å²) < 4.78 is 0. The predicted octanol–water partition coefficient (Wildman–Crippen LogP) is 3.01. The number of nitrogens with zero attached hydrogens (tertiary/aromatic N) is 1. The number of hydrogen-bond donors (Lipinski definition) is 2. The Morgan fingerprint density at radius 2 is 2.25 bits per heavy atom. The molecule has 2 amide bonds. The Morgan fingerprint density at radius 3 is 2.85 bits per heavy atom. The standard InChI is InChI=1S/C13H15ClN2O3S/c1-16(9-4-5-20-7-9)13(19)15-11-6-8(14)2-3-10(11)12(17)18/h2-3,6,9H,4-5,7H2,1H3,(H,15,19)(H,17,18). The Balaban J connectivity index is 2.14. The molecule has 0 radical (unpaired) electrons. The number of carbonyl (C=O) groups excluding carboxylic acids is 1. The fraction of sp³-hybridized carbons (Fsp3) is 0.385. The third kappa shape index (κ3) is 3.37. The van der Waals surface area contributed by atoms with Crippen molar-refractivity contribution in [1.82, 2.24) is 4.90 Å². The lowest BCUT2D eigenvalue weighted by Crippen LogP contribution is -2.40. The Labute approximate surface area is 126 Å². The number of halogens is 1. The van der Waals surface area contributed by atoms with E-state index in [4.69, 9.17) is 16.7 Å². The second kappa shape index (κ2) is 6.37. The van der Waals surface area contributed by atoms with Crippen molar-refractivity contribution in [3.8, 4) is 0 Å². The highest BCUT2D eigenvalue weighted by Gasteiger charge is 2.24. The number of urea groups is 1. The fourth-order valence-electron chi connectivity index (χ4n) is 2.00. The molecule has 1 atom stereocenters. The van der Waals surface area contributed by atoms with Gasteiger partial charge in [-0.1, -0.05) is 11.6 Å². The number of carbonyl (C=O) groups is 2. The average molecular weight is 315 g/mol. The highest BCUT2D eigenvalue weighted by atomic mass is 35.5. The van der Waals surface area contributed by atoms with Gasteiger partial charge in [-0.15, -0.1) is 0 Å². The molecule has 2 N–H and O–H groups in total. The van der Waals surface area contributed by atoms with E-state index in [1.807, 2.05) is 11.8 Å². The topological polar surface area (TPSA) is 69.6 Å². The third-order valence-electron chi connectivity index (χ3n) is 3.23. The van der Waals surface area contributed by atoms with E-state index in [-0.39, 0.29) is 23.3 Å². The molecule has 20 heavy (non-hydrogen) atoms. The molecule has 0 saturated carbocycles. The summed E-state index contributed by atoms with van der Waals surface area (Å²) >= 11 is 7.66. The summed E-state index contributed by atoms with van der Waals surface area (Å²) in [6.07, 6.45) is 0.954. The van der Waals surface area contributed by atoms with Crippen LogP contribution in [0.3, 0.4) is 0 Å². The minimum Gasteiger partial charge on any atom is -0.478 e. The number of anilines is 1. The monoisotopic (exact) mass is 314 g/mol. The van der Waals surface area contributed by atoms with E-state index in [9.17, 15) is 9.59 Å². The van der Waals surface area contributed by atoms with Gasteiger partial charge in [-0.3, -0.25) is 0 Å². The number of hydrogen-bond acceptors (Lipinski definition) is 3. The second-order valence-corrected chi connectivity index (χ2v) is 6.14. The first-order chi connectivity index (χ1) is 9.49. The van der Waals surface area contributed by atoms with Crippen LogP contribution >= 0.6 is 23.4 Å². The Bertz CT molecular complexity index is 532. The van der Waals surface area contributed by atoms with Gasteiger partial charge in [-0.05, 0) is 30.4 Å². The molecule has 0 bridgehead atoms. The molecule has 1 heterocycles. The van der Waals surface area contributed by atoms with Crippen molar-refractivity contribution in [2.45, 2.75) is 12.5 Å². The molecular weight excluding hydrogens is 300 g/mol. The number of nitrogens with one attached hydrogen (secondary N) is 1. The van der Waals surface area contributed by atoms with E-state index in [0.717, 1.165) is 17.9 Å². The van der Waals surface area contributed by atoms with Crippen LogP contribution in [0.4, 0.5) is 10.5 Å². The molecule has 108 valence electrons. The molecule has 0 spiro atoms. The zero-order valence-corrected chi connectivity index (χ0v) is 12.5. The van der Waals surface area contributed by atoms with E-state index in [0.29, 0.717) is 5.02 Å². The molecule has 0 aromatic heterocycles. The first kappa shape index (κ1) is 15.0. The quantitative estimate of drug-likeness (QED) is 0.900. The molecule has 1 aliphatic heterocycles. The van der Waals surface area contributed by atoms with E-state index in [2.05, 4.69) is 5.32 Å². The van der Waals surface area contributed by atoms with Crippen molar-refractivity contribution in [2.24, 2.45) is 0 Å². The van der Waals surface area contributed by atoms with Crippen molar-refractivity contribution in [2.75, 3.05) is 23.9 Å². The zero-order chi connectivity index (χ0) is 14.7. The number of amides is 2. The third-order valence-corrected chi connectivity index (χ3v) is 4.61. The number of carboxylic acids is 1. The van der Waals surface area contributed by atoms with E-state index >= 15 is 0 Å². The Morgan fingerprint density at radius 1 is 1.50 bits per heavy atom. The van der Waals surface area contributed by atoms with Crippen LogP contribution in [0.25, 0.3) is 0 Å². The summed E-state index contributed by atoms with van der Waals surface area (Å²) in [7, 11) is 1.72. The van der Waals surface area contributed by atoms with Crippen LogP contribution in [-0.2, 0) is 0 Å². The number of carboxylic acid groups (broad SMARTS) is 1. The summed E-state index contributed by atoms with van der Waals surface area (Å²) in [5, 5.41) is 12.1. The number of aromatic carboxylic acids is 1. The maximum Gasteiger partial charge on any atom is 0.337 e. The summed E-state index contributed by atoms with van der Waals surface area (Å²) in [5.74, 6) is 0.849. The lowest BCUT2D eigenvalue weighted by molar-refractivity contribution is 0.0698. The van der Waals surface area contributed by atoms with Gasteiger partial charge in [0.2, 0.25) is 0 Å². The first-order valence-electron chi connectivity index (χ1n) is 6.13. The molecule has 1 unspecified atom stereocenters. The van der Waals surface area contributed by atoms with E-state index in [1.54, 1.807) is 11.9 Å². The van der Waals surface area contributed by atoms with Gasteiger partial charge in [0.1, 0.15) is 0 Å². The van der Waals surface area contributed by atoms with Gasteiger partial charge in [0.25, 0.3) is 0 Å². The molecule has 5 nitrogen and oxygen atoms in total. The van der Waals surface area contributed by atoms with E-state index in [1.165, 1.54) is 18.2 Å². The zero-order valence-electron chi connectivity index (χ0n) is 10.9. The highest BCUT2D eigenvalue weighted by Crippen LogP contribution is 2.24. The summed E-state index contributed by atoms with van der Waals surface area (Å²) in [5.41, 5.74) is 0.240. The Kier molecular flexibility index (Phi) is 4.77. The summed E-state index contributed by atoms with van der Waals surface area (Å²) in [6, 6.07) is 4.18. The van der Waals surface area contributed by atoms with Crippen molar-refractivity contribution in [1.29, 1.82) is 0 Å². The minimum atomic E-state index is -1.10. The van der Waals surface area contributed by atoms with Crippen molar-refractivity contribution < 1.29 is 14.7 Å². The molecule has 1 fully saturated rings. The van der Waals surface area contributed by atoms with Crippen LogP contribution in [0.5, 0.6) is 0 Å². The summed E-state index contributed by atoms with van der Waals surface area (Å²) in [4.78, 5) is 24.9. The Hall–Kier alpha value is -1.40. The van der Waals surface area contributed by atoms with Crippen molar-refractivity contribution in [3.63, 3.8) is 0 Å². The van der Waals surface area contributed by atoms with Crippen molar-refractivity contribution in [3.05, 3.63) is 28.8 Å².